The smallest absolute Gasteiger partial charge is 0.291 e. The number of benzene rings is 2. The van der Waals surface area contributed by atoms with E-state index in [0.717, 1.165) is 0 Å². The average Bonchev–Trinajstić information content (AvgIpc) is 3.22. The van der Waals surface area contributed by atoms with Crippen molar-refractivity contribution in [3.63, 3.8) is 0 Å². The molecular formula is C27H26N2O5. The van der Waals surface area contributed by atoms with Gasteiger partial charge in [-0.2, -0.15) is 0 Å². The third-order valence-corrected chi connectivity index (χ3v) is 6.43. The van der Waals surface area contributed by atoms with Crippen LogP contribution in [0.2, 0.25) is 0 Å². The summed E-state index contributed by atoms with van der Waals surface area (Å²) in [5.41, 5.74) is -0.291. The van der Waals surface area contributed by atoms with E-state index < -0.39 is 11.4 Å². The summed E-state index contributed by atoms with van der Waals surface area (Å²) < 4.78 is 11.7. The van der Waals surface area contributed by atoms with E-state index in [0.29, 0.717) is 35.2 Å². The molecule has 34 heavy (non-hydrogen) atoms. The van der Waals surface area contributed by atoms with E-state index >= 15 is 0 Å². The molecule has 0 unspecified atom stereocenters. The zero-order valence-corrected chi connectivity index (χ0v) is 19.2. The Bertz CT molecular complexity index is 1370. The lowest BCUT2D eigenvalue weighted by Crippen LogP contribution is -2.53. The normalized spacial score (nSPS) is 18.9. The first-order valence-electron chi connectivity index (χ1n) is 11.4. The van der Waals surface area contributed by atoms with Gasteiger partial charge in [-0.15, -0.1) is 6.58 Å². The summed E-state index contributed by atoms with van der Waals surface area (Å²) in [6.45, 7) is 8.58. The van der Waals surface area contributed by atoms with Gasteiger partial charge in [0.25, 0.3) is 11.8 Å². The molecule has 1 aromatic heterocycles. The molecule has 0 fully saturated rings. The van der Waals surface area contributed by atoms with Crippen molar-refractivity contribution in [2.45, 2.75) is 31.9 Å². The van der Waals surface area contributed by atoms with Crippen LogP contribution in [0.5, 0.6) is 0 Å². The summed E-state index contributed by atoms with van der Waals surface area (Å²) in [7, 11) is 0. The van der Waals surface area contributed by atoms with Gasteiger partial charge < -0.3 is 19.0 Å². The standard InChI is InChI=1S/C27H26N2O5/c1-4-14-28-20-12-7-6-11-19(20)27(26(28)32)22-23(30)18-10-5-8-13-21(18)34-24(22)25(31)29(27)15-9-16-33-17(2)3/h4-8,10-13,17H,1,9,14-16H2,2-3H3/t27-/m0/s1. The monoisotopic (exact) mass is 458 g/mol. The second-order valence-electron chi connectivity index (χ2n) is 8.79. The van der Waals surface area contributed by atoms with Crippen molar-refractivity contribution in [3.8, 4) is 0 Å². The molecule has 0 radical (unpaired) electrons. The molecule has 174 valence electrons. The van der Waals surface area contributed by atoms with Gasteiger partial charge in [-0.1, -0.05) is 36.4 Å². The molecule has 1 atom stereocenters. The fraction of sp³-hybridized carbons (Fsp3) is 0.296. The molecule has 0 saturated carbocycles. The van der Waals surface area contributed by atoms with Crippen molar-refractivity contribution in [1.29, 1.82) is 0 Å². The Morgan fingerprint density at radius 3 is 2.59 bits per heavy atom. The predicted molar refractivity (Wildman–Crippen MR) is 129 cm³/mol. The Hall–Kier alpha value is -3.71. The third kappa shape index (κ3) is 2.97. The van der Waals surface area contributed by atoms with E-state index in [-0.39, 0.29) is 41.9 Å². The van der Waals surface area contributed by atoms with Crippen LogP contribution in [-0.2, 0) is 15.1 Å². The van der Waals surface area contributed by atoms with Crippen molar-refractivity contribution in [3.05, 3.63) is 88.3 Å². The second-order valence-corrected chi connectivity index (χ2v) is 8.79. The van der Waals surface area contributed by atoms with Gasteiger partial charge >= 0.3 is 0 Å². The van der Waals surface area contributed by atoms with E-state index in [1.54, 1.807) is 35.2 Å². The van der Waals surface area contributed by atoms with Crippen LogP contribution in [0.3, 0.4) is 0 Å². The van der Waals surface area contributed by atoms with Crippen molar-refractivity contribution in [1.82, 2.24) is 4.90 Å². The molecule has 1 spiro atoms. The lowest BCUT2D eigenvalue weighted by Gasteiger charge is -2.34. The molecular weight excluding hydrogens is 432 g/mol. The highest BCUT2D eigenvalue weighted by atomic mass is 16.5. The SMILES string of the molecule is C=CCN1C(=O)[C@]2(c3ccccc31)c1c(oc3ccccc3c1=O)C(=O)N2CCCOC(C)C. The Balaban J connectivity index is 1.77. The molecule has 7 nitrogen and oxygen atoms in total. The first kappa shape index (κ1) is 22.1. The summed E-state index contributed by atoms with van der Waals surface area (Å²) in [6, 6.07) is 14.1. The molecule has 0 aliphatic carbocycles. The number of para-hydroxylation sites is 2. The van der Waals surface area contributed by atoms with Crippen LogP contribution in [0.15, 0.2) is 70.4 Å². The molecule has 0 saturated heterocycles. The molecule has 2 aliphatic heterocycles. The van der Waals surface area contributed by atoms with Crippen LogP contribution in [0, 0.1) is 0 Å². The highest BCUT2D eigenvalue weighted by Gasteiger charge is 2.64. The van der Waals surface area contributed by atoms with Crippen LogP contribution in [0.25, 0.3) is 11.0 Å². The van der Waals surface area contributed by atoms with Gasteiger partial charge in [0.2, 0.25) is 5.76 Å². The summed E-state index contributed by atoms with van der Waals surface area (Å²) in [6.07, 6.45) is 2.19. The van der Waals surface area contributed by atoms with Crippen LogP contribution in [-0.4, -0.2) is 42.5 Å². The molecule has 2 aromatic carbocycles. The first-order valence-corrected chi connectivity index (χ1v) is 11.4. The lowest BCUT2D eigenvalue weighted by atomic mass is 9.84. The molecule has 2 aliphatic rings. The maximum atomic E-state index is 14.2. The van der Waals surface area contributed by atoms with E-state index in [2.05, 4.69) is 6.58 Å². The number of ether oxygens (including phenoxy) is 1. The molecule has 3 aromatic rings. The number of amides is 2. The van der Waals surface area contributed by atoms with E-state index in [1.807, 2.05) is 38.1 Å². The minimum atomic E-state index is -1.59. The minimum Gasteiger partial charge on any atom is -0.450 e. The Morgan fingerprint density at radius 2 is 1.82 bits per heavy atom. The number of nitrogens with zero attached hydrogens (tertiary/aromatic N) is 2. The largest absolute Gasteiger partial charge is 0.450 e. The third-order valence-electron chi connectivity index (χ3n) is 6.43. The first-order chi connectivity index (χ1) is 16.4. The van der Waals surface area contributed by atoms with Crippen molar-refractivity contribution in [2.24, 2.45) is 0 Å². The zero-order valence-electron chi connectivity index (χ0n) is 19.2. The maximum Gasteiger partial charge on any atom is 0.291 e. The summed E-state index contributed by atoms with van der Waals surface area (Å²) in [4.78, 5) is 44.9. The van der Waals surface area contributed by atoms with Gasteiger partial charge in [-0.3, -0.25) is 14.4 Å². The molecule has 5 rings (SSSR count). The van der Waals surface area contributed by atoms with Crippen LogP contribution >= 0.6 is 0 Å². The number of fused-ring (bicyclic) bond motifs is 5. The highest BCUT2D eigenvalue weighted by molar-refractivity contribution is 6.17. The average molecular weight is 459 g/mol. The van der Waals surface area contributed by atoms with Gasteiger partial charge in [-0.05, 0) is 38.5 Å². The fourth-order valence-electron chi connectivity index (χ4n) is 5.09. The lowest BCUT2D eigenvalue weighted by molar-refractivity contribution is -0.126. The summed E-state index contributed by atoms with van der Waals surface area (Å²) in [5, 5.41) is 0.339. The number of hydrogen-bond acceptors (Lipinski definition) is 5. The van der Waals surface area contributed by atoms with Crippen molar-refractivity contribution in [2.75, 3.05) is 24.6 Å². The maximum absolute atomic E-state index is 14.2. The topological polar surface area (TPSA) is 80.1 Å². The molecule has 0 bridgehead atoms. The van der Waals surface area contributed by atoms with Gasteiger partial charge in [-0.25, -0.2) is 0 Å². The van der Waals surface area contributed by atoms with Crippen molar-refractivity contribution >= 4 is 28.5 Å². The number of carbonyl (C=O) groups is 2. The Kier molecular flexibility index (Phi) is 5.37. The second kappa shape index (κ2) is 8.25. The zero-order chi connectivity index (χ0) is 24.0. The number of carbonyl (C=O) groups excluding carboxylic acids is 2. The van der Waals surface area contributed by atoms with Crippen LogP contribution in [0.1, 0.15) is 41.9 Å². The van der Waals surface area contributed by atoms with Crippen LogP contribution < -0.4 is 10.3 Å². The molecule has 3 heterocycles. The highest BCUT2D eigenvalue weighted by Crippen LogP contribution is 2.52. The van der Waals surface area contributed by atoms with Gasteiger partial charge in [0, 0.05) is 25.3 Å². The molecule has 0 N–H and O–H groups in total. The van der Waals surface area contributed by atoms with Gasteiger partial charge in [0.1, 0.15) is 5.58 Å². The molecule has 7 heteroatoms. The van der Waals surface area contributed by atoms with Gasteiger partial charge in [0.05, 0.1) is 22.7 Å². The van der Waals surface area contributed by atoms with E-state index in [4.69, 9.17) is 9.15 Å². The number of hydrogen-bond donors (Lipinski definition) is 0. The Morgan fingerprint density at radius 1 is 1.09 bits per heavy atom. The number of rotatable bonds is 7. The predicted octanol–water partition coefficient (Wildman–Crippen LogP) is 3.84. The summed E-state index contributed by atoms with van der Waals surface area (Å²) >= 11 is 0. The van der Waals surface area contributed by atoms with Crippen LogP contribution in [0.4, 0.5) is 5.69 Å². The minimum absolute atomic E-state index is 0.0471. The van der Waals surface area contributed by atoms with E-state index in [9.17, 15) is 14.4 Å². The van der Waals surface area contributed by atoms with E-state index in [1.165, 1.54) is 4.90 Å². The molecule has 2 amide bonds. The summed E-state index contributed by atoms with van der Waals surface area (Å²) in [5.74, 6) is -0.892. The fourth-order valence-corrected chi connectivity index (χ4v) is 5.09. The number of anilines is 1. The van der Waals surface area contributed by atoms with Crippen molar-refractivity contribution < 1.29 is 18.7 Å². The quantitative estimate of drug-likeness (QED) is 0.397. The Labute approximate surface area is 197 Å². The van der Waals surface area contributed by atoms with Gasteiger partial charge in [0.15, 0.2) is 11.0 Å².